The minimum absolute atomic E-state index is 0.0775. The predicted octanol–water partition coefficient (Wildman–Crippen LogP) is 4.66. The third-order valence-corrected chi connectivity index (χ3v) is 5.88. The van der Waals surface area contributed by atoms with Gasteiger partial charge in [-0.1, -0.05) is 15.9 Å². The summed E-state index contributed by atoms with van der Waals surface area (Å²) in [6, 6.07) is 9.39. The number of carbonyl (C=O) groups is 2. The van der Waals surface area contributed by atoms with E-state index in [1.54, 1.807) is 18.2 Å². The van der Waals surface area contributed by atoms with Crippen LogP contribution in [0.25, 0.3) is 0 Å². The number of anilines is 1. The van der Waals surface area contributed by atoms with Crippen molar-refractivity contribution >= 4 is 45.3 Å². The van der Waals surface area contributed by atoms with Gasteiger partial charge in [0.15, 0.2) is 6.61 Å². The van der Waals surface area contributed by atoms with Gasteiger partial charge in [0.1, 0.15) is 5.75 Å². The summed E-state index contributed by atoms with van der Waals surface area (Å²) in [4.78, 5) is 24.5. The maximum atomic E-state index is 12.3. The van der Waals surface area contributed by atoms with E-state index < -0.39 is 5.97 Å². The van der Waals surface area contributed by atoms with Crippen molar-refractivity contribution in [1.29, 1.82) is 0 Å². The number of nitrogens with one attached hydrogen (secondary N) is 1. The van der Waals surface area contributed by atoms with Crippen LogP contribution in [0.4, 0.5) is 5.69 Å². The average Bonchev–Trinajstić information content (AvgIpc) is 2.63. The van der Waals surface area contributed by atoms with Crippen molar-refractivity contribution in [3.63, 3.8) is 0 Å². The summed E-state index contributed by atoms with van der Waals surface area (Å²) in [7, 11) is 1.31. The topological polar surface area (TPSA) is 64.6 Å². The van der Waals surface area contributed by atoms with Crippen molar-refractivity contribution in [1.82, 2.24) is 0 Å². The highest BCUT2D eigenvalue weighted by Crippen LogP contribution is 2.29. The lowest BCUT2D eigenvalue weighted by atomic mass is 10.2. The molecule has 0 spiro atoms. The number of rotatable bonds is 7. The molecule has 0 aliphatic carbocycles. The Morgan fingerprint density at radius 2 is 1.81 bits per heavy atom. The van der Waals surface area contributed by atoms with Crippen LogP contribution in [-0.2, 0) is 14.3 Å². The first-order valence-electron chi connectivity index (χ1n) is 8.30. The van der Waals surface area contributed by atoms with Gasteiger partial charge in [-0.05, 0) is 67.8 Å². The molecule has 1 amide bonds. The Labute approximate surface area is 171 Å². The first-order valence-corrected chi connectivity index (χ1v) is 10.1. The molecule has 0 aromatic heterocycles. The van der Waals surface area contributed by atoms with Gasteiger partial charge < -0.3 is 14.8 Å². The molecule has 0 fully saturated rings. The van der Waals surface area contributed by atoms with Crippen molar-refractivity contribution in [3.05, 3.63) is 51.5 Å². The molecule has 0 bridgehead atoms. The summed E-state index contributed by atoms with van der Waals surface area (Å²) >= 11 is 5.03. The van der Waals surface area contributed by atoms with Crippen LogP contribution >= 0.6 is 27.7 Å². The van der Waals surface area contributed by atoms with Crippen molar-refractivity contribution in [2.45, 2.75) is 25.7 Å². The third-order valence-electron chi connectivity index (χ3n) is 3.87. The highest BCUT2D eigenvalue weighted by molar-refractivity contribution is 9.10. The van der Waals surface area contributed by atoms with Crippen molar-refractivity contribution in [2.24, 2.45) is 0 Å². The second-order valence-electron chi connectivity index (χ2n) is 6.05. The van der Waals surface area contributed by atoms with Crippen LogP contribution < -0.4 is 10.1 Å². The Balaban J connectivity index is 1.94. The molecule has 0 heterocycles. The fourth-order valence-electron chi connectivity index (χ4n) is 2.31. The van der Waals surface area contributed by atoms with Crippen LogP contribution in [0.1, 0.15) is 16.7 Å². The third kappa shape index (κ3) is 6.29. The monoisotopic (exact) mass is 451 g/mol. The van der Waals surface area contributed by atoms with E-state index in [4.69, 9.17) is 4.74 Å². The number of aryl methyl sites for hydroxylation is 3. The number of benzene rings is 2. The fourth-order valence-corrected chi connectivity index (χ4v) is 3.67. The zero-order valence-electron chi connectivity index (χ0n) is 15.7. The van der Waals surface area contributed by atoms with Gasteiger partial charge in [0.05, 0.1) is 12.9 Å². The van der Waals surface area contributed by atoms with Crippen molar-refractivity contribution in [3.8, 4) is 5.75 Å². The van der Waals surface area contributed by atoms with Gasteiger partial charge >= 0.3 is 5.97 Å². The molecule has 0 radical (unpaired) electrons. The number of carbonyl (C=O) groups excluding carboxylic acids is 2. The minimum atomic E-state index is -0.444. The molecule has 144 valence electrons. The maximum Gasteiger partial charge on any atom is 0.343 e. The van der Waals surface area contributed by atoms with Crippen LogP contribution in [0.2, 0.25) is 0 Å². The molecule has 0 aliphatic rings. The molecule has 2 rings (SSSR count). The van der Waals surface area contributed by atoms with Gasteiger partial charge in [-0.3, -0.25) is 4.79 Å². The molecule has 2 aromatic rings. The highest BCUT2D eigenvalue weighted by atomic mass is 79.9. The number of hydrogen-bond donors (Lipinski definition) is 1. The van der Waals surface area contributed by atoms with Crippen LogP contribution in [0.3, 0.4) is 0 Å². The number of methoxy groups -OCH3 is 1. The molecule has 0 saturated carbocycles. The van der Waals surface area contributed by atoms with Crippen LogP contribution in [0.5, 0.6) is 5.75 Å². The second kappa shape index (κ2) is 9.80. The number of ether oxygens (including phenoxy) is 2. The predicted molar refractivity (Wildman–Crippen MR) is 112 cm³/mol. The normalized spacial score (nSPS) is 10.4. The Bertz CT molecular complexity index is 854. The molecule has 5 nitrogen and oxygen atoms in total. The number of halogens is 1. The molecular formula is C20H22BrNO4S. The molecule has 1 N–H and O–H groups in total. The van der Waals surface area contributed by atoms with E-state index in [-0.39, 0.29) is 12.5 Å². The van der Waals surface area contributed by atoms with Gasteiger partial charge in [-0.15, -0.1) is 11.8 Å². The van der Waals surface area contributed by atoms with E-state index in [9.17, 15) is 9.59 Å². The Hall–Kier alpha value is -1.99. The molecule has 0 aliphatic heterocycles. The van der Waals surface area contributed by atoms with E-state index in [1.807, 2.05) is 20.8 Å². The van der Waals surface area contributed by atoms with Crippen molar-refractivity contribution < 1.29 is 19.1 Å². The number of hydrogen-bond acceptors (Lipinski definition) is 5. The number of amides is 1. The molecular weight excluding hydrogens is 430 g/mol. The molecule has 0 atom stereocenters. The summed E-state index contributed by atoms with van der Waals surface area (Å²) in [5.41, 5.74) is 3.84. The highest BCUT2D eigenvalue weighted by Gasteiger charge is 2.10. The molecule has 7 heteroatoms. The Morgan fingerprint density at radius 1 is 1.07 bits per heavy atom. The maximum absolute atomic E-state index is 12.3. The summed E-state index contributed by atoms with van der Waals surface area (Å²) < 4.78 is 11.0. The Morgan fingerprint density at radius 3 is 2.48 bits per heavy atom. The zero-order chi connectivity index (χ0) is 20.0. The lowest BCUT2D eigenvalue weighted by Gasteiger charge is -2.12. The molecule has 0 unspecified atom stereocenters. The van der Waals surface area contributed by atoms with Crippen LogP contribution in [0.15, 0.2) is 39.7 Å². The van der Waals surface area contributed by atoms with E-state index >= 15 is 0 Å². The first kappa shape index (κ1) is 21.3. The van der Waals surface area contributed by atoms with Gasteiger partial charge in [0.25, 0.3) is 0 Å². The lowest BCUT2D eigenvalue weighted by Crippen LogP contribution is -2.15. The van der Waals surface area contributed by atoms with Gasteiger partial charge in [-0.25, -0.2) is 4.79 Å². The summed E-state index contributed by atoms with van der Waals surface area (Å²) in [6.45, 7) is 5.78. The SMILES string of the molecule is COC(=O)COc1ccc(NC(=O)CSc2cc(C)c(Br)cc2C)c(C)c1. The van der Waals surface area contributed by atoms with E-state index in [1.165, 1.54) is 18.9 Å². The van der Waals surface area contributed by atoms with E-state index in [0.717, 1.165) is 31.7 Å². The van der Waals surface area contributed by atoms with E-state index in [2.05, 4.69) is 38.1 Å². The average molecular weight is 452 g/mol. The van der Waals surface area contributed by atoms with Crippen LogP contribution in [0, 0.1) is 20.8 Å². The lowest BCUT2D eigenvalue weighted by molar-refractivity contribution is -0.142. The summed E-state index contributed by atoms with van der Waals surface area (Å²) in [6.07, 6.45) is 0. The standard InChI is InChI=1S/C20H22BrNO4S/c1-12-9-18(14(3)8-16(12)21)27-11-19(23)22-17-6-5-15(7-13(17)2)26-10-20(24)25-4/h5-9H,10-11H2,1-4H3,(H,22,23). The molecule has 2 aromatic carbocycles. The zero-order valence-corrected chi connectivity index (χ0v) is 18.1. The number of esters is 1. The van der Waals surface area contributed by atoms with Crippen LogP contribution in [-0.4, -0.2) is 31.3 Å². The van der Waals surface area contributed by atoms with Gasteiger partial charge in [0.2, 0.25) is 5.91 Å². The summed E-state index contributed by atoms with van der Waals surface area (Å²) in [5, 5.41) is 2.91. The quantitative estimate of drug-likeness (QED) is 0.489. The molecule has 27 heavy (non-hydrogen) atoms. The largest absolute Gasteiger partial charge is 0.482 e. The number of thioether (sulfide) groups is 1. The minimum Gasteiger partial charge on any atom is -0.482 e. The first-order chi connectivity index (χ1) is 12.8. The smallest absolute Gasteiger partial charge is 0.343 e. The second-order valence-corrected chi connectivity index (χ2v) is 7.92. The Kier molecular flexibility index (Phi) is 7.74. The van der Waals surface area contributed by atoms with Crippen molar-refractivity contribution in [2.75, 3.05) is 24.8 Å². The van der Waals surface area contributed by atoms with E-state index in [0.29, 0.717) is 11.5 Å². The fraction of sp³-hybridized carbons (Fsp3) is 0.300. The summed E-state index contributed by atoms with van der Waals surface area (Å²) in [5.74, 6) is 0.347. The van der Waals surface area contributed by atoms with Gasteiger partial charge in [-0.2, -0.15) is 0 Å². The molecule has 0 saturated heterocycles. The van der Waals surface area contributed by atoms with Gasteiger partial charge in [0, 0.05) is 15.1 Å².